The van der Waals surface area contributed by atoms with Crippen LogP contribution in [-0.4, -0.2) is 45.6 Å². The Labute approximate surface area is 184 Å². The fourth-order valence-corrected chi connectivity index (χ4v) is 4.08. The molecule has 32 heavy (non-hydrogen) atoms. The second kappa shape index (κ2) is 8.80. The van der Waals surface area contributed by atoms with Crippen molar-refractivity contribution < 1.29 is 22.7 Å². The molecule has 9 heteroatoms. The number of fused-ring (bicyclic) bond motifs is 1. The summed E-state index contributed by atoms with van der Waals surface area (Å²) in [4.78, 5) is 18.8. The Balaban J connectivity index is 1.45. The molecule has 4 rings (SSSR count). The van der Waals surface area contributed by atoms with Crippen LogP contribution in [0.1, 0.15) is 48.3 Å². The van der Waals surface area contributed by atoms with E-state index in [1.807, 2.05) is 29.2 Å². The number of ether oxygens (including phenoxy) is 1. The number of rotatable bonds is 5. The van der Waals surface area contributed by atoms with E-state index >= 15 is 0 Å². The van der Waals surface area contributed by atoms with E-state index in [1.165, 1.54) is 0 Å². The van der Waals surface area contributed by atoms with Gasteiger partial charge < -0.3 is 9.64 Å². The van der Waals surface area contributed by atoms with Crippen molar-refractivity contribution in [3.05, 3.63) is 59.0 Å². The van der Waals surface area contributed by atoms with Gasteiger partial charge in [0.1, 0.15) is 11.4 Å². The van der Waals surface area contributed by atoms with Crippen molar-refractivity contribution in [1.82, 2.24) is 19.5 Å². The van der Waals surface area contributed by atoms with Crippen LogP contribution < -0.4 is 4.74 Å². The van der Waals surface area contributed by atoms with Crippen LogP contribution in [-0.2, 0) is 23.8 Å². The van der Waals surface area contributed by atoms with Gasteiger partial charge in [0.05, 0.1) is 19.2 Å². The van der Waals surface area contributed by atoms with Crippen LogP contribution in [0, 0.1) is 0 Å². The third-order valence-electron chi connectivity index (χ3n) is 5.93. The van der Waals surface area contributed by atoms with Crippen molar-refractivity contribution in [2.24, 2.45) is 0 Å². The van der Waals surface area contributed by atoms with E-state index in [-0.39, 0.29) is 17.5 Å². The van der Waals surface area contributed by atoms with E-state index in [9.17, 15) is 18.0 Å². The summed E-state index contributed by atoms with van der Waals surface area (Å²) in [5.41, 5.74) is 1.30. The number of carbonyl (C=O) groups is 1. The van der Waals surface area contributed by atoms with E-state index in [1.54, 1.807) is 20.1 Å². The average Bonchev–Trinajstić information content (AvgIpc) is 3.22. The second-order valence-corrected chi connectivity index (χ2v) is 8.00. The van der Waals surface area contributed by atoms with E-state index < -0.39 is 11.9 Å². The first-order chi connectivity index (χ1) is 15.3. The maximum atomic E-state index is 13.5. The lowest BCUT2D eigenvalue weighted by Gasteiger charge is -2.31. The molecule has 1 saturated heterocycles. The van der Waals surface area contributed by atoms with Gasteiger partial charge in [0.25, 0.3) is 0 Å². The molecule has 3 heterocycles. The highest BCUT2D eigenvalue weighted by Gasteiger charge is 2.35. The molecule has 2 aromatic heterocycles. The van der Waals surface area contributed by atoms with Gasteiger partial charge in [0.15, 0.2) is 5.65 Å². The van der Waals surface area contributed by atoms with Crippen LogP contribution >= 0.6 is 0 Å². The first-order valence-electron chi connectivity index (χ1n) is 10.7. The number of piperidine rings is 1. The van der Waals surface area contributed by atoms with Crippen molar-refractivity contribution in [3.8, 4) is 5.75 Å². The molecule has 0 unspecified atom stereocenters. The number of halogens is 3. The fourth-order valence-electron chi connectivity index (χ4n) is 4.08. The second-order valence-electron chi connectivity index (χ2n) is 8.00. The molecule has 0 atom stereocenters. The summed E-state index contributed by atoms with van der Waals surface area (Å²) < 4.78 is 46.6. The van der Waals surface area contributed by atoms with Gasteiger partial charge in [0.2, 0.25) is 5.91 Å². The standard InChI is InChI=1S/C23H25F3N4O2/c1-3-17-13-20(23(24,25)26)30-21(27-17)14-19(28-30)16-8-10-29(11-9-16)22(31)12-15-4-6-18(32-2)7-5-15/h4-7,13-14,16H,3,8-12H2,1-2H3. The Morgan fingerprint density at radius 3 is 2.44 bits per heavy atom. The lowest BCUT2D eigenvalue weighted by Crippen LogP contribution is -2.38. The van der Waals surface area contributed by atoms with Crippen LogP contribution in [0.4, 0.5) is 13.2 Å². The predicted octanol–water partition coefficient (Wildman–Crippen LogP) is 4.27. The van der Waals surface area contributed by atoms with Crippen molar-refractivity contribution in [3.63, 3.8) is 0 Å². The van der Waals surface area contributed by atoms with Gasteiger partial charge in [-0.25, -0.2) is 9.50 Å². The molecule has 1 aliphatic rings. The Morgan fingerprint density at radius 2 is 1.84 bits per heavy atom. The smallest absolute Gasteiger partial charge is 0.433 e. The minimum atomic E-state index is -4.51. The highest BCUT2D eigenvalue weighted by Crippen LogP contribution is 2.33. The Kier molecular flexibility index (Phi) is 6.08. The van der Waals surface area contributed by atoms with E-state index in [4.69, 9.17) is 4.74 Å². The topological polar surface area (TPSA) is 59.7 Å². The summed E-state index contributed by atoms with van der Waals surface area (Å²) in [5, 5.41) is 4.25. The Morgan fingerprint density at radius 1 is 1.16 bits per heavy atom. The highest BCUT2D eigenvalue weighted by molar-refractivity contribution is 5.79. The van der Waals surface area contributed by atoms with Gasteiger partial charge in [-0.1, -0.05) is 19.1 Å². The van der Waals surface area contributed by atoms with Gasteiger partial charge in [0, 0.05) is 30.8 Å². The quantitative estimate of drug-likeness (QED) is 0.588. The summed E-state index contributed by atoms with van der Waals surface area (Å²) >= 11 is 0. The first-order valence-corrected chi connectivity index (χ1v) is 10.7. The van der Waals surface area contributed by atoms with Crippen molar-refractivity contribution in [2.45, 2.75) is 44.7 Å². The molecule has 0 radical (unpaired) electrons. The minimum Gasteiger partial charge on any atom is -0.497 e. The fraction of sp³-hybridized carbons (Fsp3) is 0.435. The number of methoxy groups -OCH3 is 1. The zero-order valence-electron chi connectivity index (χ0n) is 18.0. The molecule has 6 nitrogen and oxygen atoms in total. The third-order valence-corrected chi connectivity index (χ3v) is 5.93. The molecular weight excluding hydrogens is 421 g/mol. The van der Waals surface area contributed by atoms with Crippen LogP contribution in [0.2, 0.25) is 0 Å². The van der Waals surface area contributed by atoms with E-state index in [0.717, 1.165) is 21.9 Å². The Hall–Kier alpha value is -3.10. The largest absolute Gasteiger partial charge is 0.497 e. The van der Waals surface area contributed by atoms with Gasteiger partial charge in [-0.15, -0.1) is 0 Å². The number of benzene rings is 1. The van der Waals surface area contributed by atoms with Gasteiger partial charge in [-0.2, -0.15) is 18.3 Å². The lowest BCUT2D eigenvalue weighted by atomic mass is 9.93. The third kappa shape index (κ3) is 4.56. The van der Waals surface area contributed by atoms with Gasteiger partial charge in [-0.05, 0) is 43.0 Å². The summed E-state index contributed by atoms with van der Waals surface area (Å²) in [7, 11) is 1.59. The lowest BCUT2D eigenvalue weighted by molar-refractivity contribution is -0.142. The van der Waals surface area contributed by atoms with Gasteiger partial charge >= 0.3 is 6.18 Å². The average molecular weight is 446 g/mol. The van der Waals surface area contributed by atoms with Crippen LogP contribution in [0.3, 0.4) is 0 Å². The predicted molar refractivity (Wildman–Crippen MR) is 113 cm³/mol. The van der Waals surface area contributed by atoms with E-state index in [2.05, 4.69) is 10.1 Å². The number of aromatic nitrogens is 3. The molecule has 3 aromatic rings. The molecule has 170 valence electrons. The molecule has 0 aliphatic carbocycles. The minimum absolute atomic E-state index is 0.00658. The molecule has 0 bridgehead atoms. The zero-order valence-corrected chi connectivity index (χ0v) is 18.0. The van der Waals surface area contributed by atoms with Crippen molar-refractivity contribution >= 4 is 11.6 Å². The monoisotopic (exact) mass is 446 g/mol. The molecular formula is C23H25F3N4O2. The van der Waals surface area contributed by atoms with Gasteiger partial charge in [-0.3, -0.25) is 4.79 Å². The van der Waals surface area contributed by atoms with Crippen LogP contribution in [0.15, 0.2) is 36.4 Å². The number of carbonyl (C=O) groups excluding carboxylic acids is 1. The number of aryl methyl sites for hydroxylation is 1. The van der Waals surface area contributed by atoms with Crippen molar-refractivity contribution in [1.29, 1.82) is 0 Å². The SMILES string of the molecule is CCc1cc(C(F)(F)F)n2nc(C3CCN(C(=O)Cc4ccc(OC)cc4)CC3)cc2n1. The molecule has 0 saturated carbocycles. The number of hydrogen-bond acceptors (Lipinski definition) is 4. The molecule has 1 fully saturated rings. The Bertz CT molecular complexity index is 1100. The van der Waals surface area contributed by atoms with Crippen LogP contribution in [0.5, 0.6) is 5.75 Å². The number of alkyl halides is 3. The number of amides is 1. The molecule has 1 aromatic carbocycles. The summed E-state index contributed by atoms with van der Waals surface area (Å²) in [6, 6.07) is 10.1. The maximum Gasteiger partial charge on any atom is 0.433 e. The summed E-state index contributed by atoms with van der Waals surface area (Å²) in [6.07, 6.45) is -2.48. The number of likely N-dealkylation sites (tertiary alicyclic amines) is 1. The van der Waals surface area contributed by atoms with E-state index in [0.29, 0.717) is 50.2 Å². The number of nitrogens with zero attached hydrogens (tertiary/aromatic N) is 4. The molecule has 1 amide bonds. The molecule has 0 N–H and O–H groups in total. The van der Waals surface area contributed by atoms with Crippen LogP contribution in [0.25, 0.3) is 5.65 Å². The zero-order chi connectivity index (χ0) is 22.9. The first kappa shape index (κ1) is 22.1. The summed E-state index contributed by atoms with van der Waals surface area (Å²) in [6.45, 7) is 2.87. The van der Waals surface area contributed by atoms with Crippen molar-refractivity contribution in [2.75, 3.05) is 20.2 Å². The maximum absolute atomic E-state index is 13.5. The number of hydrogen-bond donors (Lipinski definition) is 0. The summed E-state index contributed by atoms with van der Waals surface area (Å²) in [5.74, 6) is 0.772. The highest BCUT2D eigenvalue weighted by atomic mass is 19.4. The molecule has 1 aliphatic heterocycles. The normalized spacial score (nSPS) is 15.3. The molecule has 0 spiro atoms.